The van der Waals surface area contributed by atoms with Crippen molar-refractivity contribution < 1.29 is 4.42 Å². The lowest BCUT2D eigenvalue weighted by molar-refractivity contribution is 0.588. The molecule has 6 heteroatoms. The number of rotatable bonds is 3. The van der Waals surface area contributed by atoms with Crippen molar-refractivity contribution in [2.45, 2.75) is 115 Å². The Morgan fingerprint density at radius 1 is 0.464 bits per heavy atom. The van der Waals surface area contributed by atoms with Crippen LogP contribution in [0.2, 0.25) is 0 Å². The summed E-state index contributed by atoms with van der Waals surface area (Å²) >= 11 is 1.94. The first-order valence-corrected chi connectivity index (χ1v) is 25.5. The SMILES string of the molecule is CC(C)(C)c1ccc(N2c3ccc(C(C)(C)C)cc3B3c4cc(C(C)(C)C)cc5c4N(c4ccc(C(C)(C)C)cc4S5)c4cc(-c5cccc6c5oc5c(-c7ccccn7)cccc56)cc2c43)cc1. The van der Waals surface area contributed by atoms with E-state index < -0.39 is 0 Å². The second-order valence-electron chi connectivity index (χ2n) is 23.7. The van der Waals surface area contributed by atoms with Gasteiger partial charge in [-0.05, 0) is 133 Å². The molecule has 0 amide bonds. The highest BCUT2D eigenvalue weighted by atomic mass is 32.2. The lowest BCUT2D eigenvalue weighted by atomic mass is 9.33. The number of hydrogen-bond acceptors (Lipinski definition) is 5. The number of anilines is 6. The molecule has 0 bridgehead atoms. The van der Waals surface area contributed by atoms with Gasteiger partial charge in [-0.2, -0.15) is 0 Å². The van der Waals surface area contributed by atoms with Crippen molar-refractivity contribution in [3.63, 3.8) is 0 Å². The zero-order valence-corrected chi connectivity index (χ0v) is 42.9. The van der Waals surface area contributed by atoms with Crippen molar-refractivity contribution in [2.24, 2.45) is 0 Å². The third-order valence-electron chi connectivity index (χ3n) is 14.9. The van der Waals surface area contributed by atoms with Crippen LogP contribution in [0.1, 0.15) is 105 Å². The first-order chi connectivity index (χ1) is 32.7. The molecule has 0 atom stereocenters. The standard InChI is InChI=1S/C63H60BN3OS/c1-60(2,3)38-22-26-42(27-23-38)66-50-28-24-39(61(4,5)6)33-47(50)64-48-34-41(63(10,11)12)36-55-57(48)67(51-29-25-40(62(7,8)9)35-54(51)69-55)53-32-37(31-52(66)56(53)64)43-17-15-18-44-45-19-16-20-46(59(45)68-58(43)44)49-21-13-14-30-65-49/h13-36H,1-12H3. The molecule has 0 unspecified atom stereocenters. The molecule has 0 saturated heterocycles. The van der Waals surface area contributed by atoms with Crippen molar-refractivity contribution in [2.75, 3.05) is 9.80 Å². The van der Waals surface area contributed by atoms with E-state index in [-0.39, 0.29) is 28.4 Å². The molecule has 3 aliphatic heterocycles. The summed E-state index contributed by atoms with van der Waals surface area (Å²) in [5, 5.41) is 2.18. The Morgan fingerprint density at radius 2 is 1.03 bits per heavy atom. The minimum Gasteiger partial charge on any atom is -0.455 e. The summed E-state index contributed by atoms with van der Waals surface area (Å²) < 4.78 is 7.15. The van der Waals surface area contributed by atoms with Gasteiger partial charge in [0.05, 0.1) is 17.1 Å². The smallest absolute Gasteiger partial charge is 0.252 e. The van der Waals surface area contributed by atoms with Crippen LogP contribution < -0.4 is 26.2 Å². The van der Waals surface area contributed by atoms with Gasteiger partial charge in [0.1, 0.15) is 11.2 Å². The van der Waals surface area contributed by atoms with E-state index in [0.29, 0.717) is 0 Å². The molecule has 0 radical (unpaired) electrons. The summed E-state index contributed by atoms with van der Waals surface area (Å²) in [6.45, 7) is 27.9. The molecular formula is C63H60BN3OS. The van der Waals surface area contributed by atoms with Gasteiger partial charge in [-0.3, -0.25) is 4.98 Å². The molecule has 0 aliphatic carbocycles. The van der Waals surface area contributed by atoms with E-state index in [1.54, 1.807) is 0 Å². The molecule has 7 aromatic carbocycles. The van der Waals surface area contributed by atoms with Crippen LogP contribution in [0.25, 0.3) is 44.3 Å². The van der Waals surface area contributed by atoms with Crippen LogP contribution in [0.5, 0.6) is 0 Å². The average Bonchev–Trinajstić information content (AvgIpc) is 3.70. The summed E-state index contributed by atoms with van der Waals surface area (Å²) in [5.74, 6) is 0. The van der Waals surface area contributed by atoms with Crippen molar-refractivity contribution in [1.82, 2.24) is 4.98 Å². The maximum absolute atomic E-state index is 7.15. The fourth-order valence-corrected chi connectivity index (χ4v) is 12.2. The summed E-state index contributed by atoms with van der Waals surface area (Å²) in [4.78, 5) is 12.5. The molecule has 9 aromatic rings. The topological polar surface area (TPSA) is 32.5 Å². The van der Waals surface area contributed by atoms with Crippen LogP contribution in [-0.4, -0.2) is 11.7 Å². The number of fused-ring (bicyclic) bond motifs is 9. The Balaban J connectivity index is 1.21. The number of aromatic nitrogens is 1. The van der Waals surface area contributed by atoms with Gasteiger partial charge in [0.25, 0.3) is 6.71 Å². The molecule has 69 heavy (non-hydrogen) atoms. The van der Waals surface area contributed by atoms with Crippen molar-refractivity contribution in [1.29, 1.82) is 0 Å². The minimum absolute atomic E-state index is 0.000421. The molecule has 5 heterocycles. The van der Waals surface area contributed by atoms with Gasteiger partial charge in [-0.15, -0.1) is 0 Å². The molecule has 4 nitrogen and oxygen atoms in total. The lowest BCUT2D eigenvalue weighted by Gasteiger charge is -2.47. The van der Waals surface area contributed by atoms with Crippen molar-refractivity contribution >= 4 is 90.9 Å². The molecule has 0 saturated carbocycles. The zero-order valence-electron chi connectivity index (χ0n) is 42.1. The number of pyridine rings is 1. The van der Waals surface area contributed by atoms with E-state index in [4.69, 9.17) is 9.40 Å². The fourth-order valence-electron chi connectivity index (χ4n) is 11.0. The van der Waals surface area contributed by atoms with Crippen LogP contribution in [0.15, 0.2) is 160 Å². The Hall–Kier alpha value is -6.50. The number of nitrogens with zero attached hydrogens (tertiary/aromatic N) is 3. The summed E-state index contributed by atoms with van der Waals surface area (Å²) in [5.41, 5.74) is 22.4. The summed E-state index contributed by atoms with van der Waals surface area (Å²) in [6.07, 6.45) is 1.85. The zero-order chi connectivity index (χ0) is 48.1. The van der Waals surface area contributed by atoms with E-state index in [0.717, 1.165) is 50.0 Å². The number of furan rings is 1. The maximum Gasteiger partial charge on any atom is 0.252 e. The fraction of sp³-hybridized carbons (Fsp3) is 0.254. The van der Waals surface area contributed by atoms with E-state index in [1.807, 2.05) is 30.1 Å². The number of benzene rings is 7. The first kappa shape index (κ1) is 43.8. The van der Waals surface area contributed by atoms with Gasteiger partial charge in [0.2, 0.25) is 0 Å². The molecule has 0 fully saturated rings. The highest BCUT2D eigenvalue weighted by Crippen LogP contribution is 2.56. The van der Waals surface area contributed by atoms with Gasteiger partial charge in [-0.1, -0.05) is 168 Å². The molecule has 2 aromatic heterocycles. The van der Waals surface area contributed by atoms with Gasteiger partial charge in [0, 0.05) is 60.6 Å². The first-order valence-electron chi connectivity index (χ1n) is 24.6. The van der Waals surface area contributed by atoms with E-state index in [9.17, 15) is 0 Å². The lowest BCUT2D eigenvalue weighted by Crippen LogP contribution is -2.62. The summed E-state index contributed by atoms with van der Waals surface area (Å²) in [7, 11) is 0. The quantitative estimate of drug-likeness (QED) is 0.165. The van der Waals surface area contributed by atoms with Crippen LogP contribution in [-0.2, 0) is 21.7 Å². The van der Waals surface area contributed by atoms with Crippen LogP contribution in [0.4, 0.5) is 34.1 Å². The normalized spacial score (nSPS) is 14.2. The van der Waals surface area contributed by atoms with Gasteiger partial charge >= 0.3 is 0 Å². The van der Waals surface area contributed by atoms with Crippen LogP contribution in [0, 0.1) is 0 Å². The maximum atomic E-state index is 7.15. The van der Waals surface area contributed by atoms with Crippen molar-refractivity contribution in [3.05, 3.63) is 168 Å². The second kappa shape index (κ2) is 15.0. The van der Waals surface area contributed by atoms with Crippen LogP contribution in [0.3, 0.4) is 0 Å². The number of hydrogen-bond donors (Lipinski definition) is 0. The second-order valence-corrected chi connectivity index (χ2v) is 24.8. The highest BCUT2D eigenvalue weighted by molar-refractivity contribution is 7.99. The predicted octanol–water partition coefficient (Wildman–Crippen LogP) is 16.1. The van der Waals surface area contributed by atoms with Crippen LogP contribution >= 0.6 is 11.8 Å². The Labute approximate surface area is 412 Å². The molecule has 342 valence electrons. The van der Waals surface area contributed by atoms with Crippen molar-refractivity contribution in [3.8, 4) is 22.4 Å². The van der Waals surface area contributed by atoms with Gasteiger partial charge in [-0.25, -0.2) is 0 Å². The largest absolute Gasteiger partial charge is 0.455 e. The van der Waals surface area contributed by atoms with E-state index in [1.165, 1.54) is 76.9 Å². The Bertz CT molecular complexity index is 3580. The molecule has 12 rings (SSSR count). The third-order valence-corrected chi connectivity index (χ3v) is 16.0. The Kier molecular flexibility index (Phi) is 9.52. The predicted molar refractivity (Wildman–Crippen MR) is 295 cm³/mol. The Morgan fingerprint density at radius 3 is 1.67 bits per heavy atom. The molecule has 0 N–H and O–H groups in total. The van der Waals surface area contributed by atoms with E-state index >= 15 is 0 Å². The molecule has 0 spiro atoms. The monoisotopic (exact) mass is 917 g/mol. The van der Waals surface area contributed by atoms with Gasteiger partial charge < -0.3 is 14.2 Å². The number of para-hydroxylation sites is 2. The average molecular weight is 918 g/mol. The summed E-state index contributed by atoms with van der Waals surface area (Å²) in [6, 6.07) is 53.0. The van der Waals surface area contributed by atoms with Gasteiger partial charge in [0.15, 0.2) is 0 Å². The van der Waals surface area contributed by atoms with E-state index in [2.05, 4.69) is 220 Å². The molecular weight excluding hydrogens is 858 g/mol. The highest BCUT2D eigenvalue weighted by Gasteiger charge is 2.47. The minimum atomic E-state index is -0.0648. The third kappa shape index (κ3) is 6.91. The molecule has 3 aliphatic rings.